The smallest absolute Gasteiger partial charge is 0.207 e. The fourth-order valence-electron chi connectivity index (χ4n) is 2.26. The quantitative estimate of drug-likeness (QED) is 0.862. The summed E-state index contributed by atoms with van der Waals surface area (Å²) in [5.74, 6) is 0.506. The van der Waals surface area contributed by atoms with Crippen LogP contribution in [0.3, 0.4) is 0 Å². The zero-order valence-electron chi connectivity index (χ0n) is 11.7. The Morgan fingerprint density at radius 2 is 1.81 bits per heavy atom. The number of rotatable bonds is 3. The molecule has 1 unspecified atom stereocenters. The number of pyridine rings is 1. The molecule has 0 fully saturated rings. The van der Waals surface area contributed by atoms with Gasteiger partial charge in [-0.25, -0.2) is 0 Å². The molecule has 1 aromatic carbocycles. The molecule has 0 saturated carbocycles. The molecule has 0 N–H and O–H groups in total. The lowest BCUT2D eigenvalue weighted by Gasteiger charge is -2.23. The van der Waals surface area contributed by atoms with Crippen LogP contribution in [0.1, 0.15) is 18.2 Å². The summed E-state index contributed by atoms with van der Waals surface area (Å²) >= 11 is 0. The Bertz CT molecular complexity index is 705. The third-order valence-electron chi connectivity index (χ3n) is 3.50. The lowest BCUT2D eigenvalue weighted by atomic mass is 9.92. The van der Waals surface area contributed by atoms with Crippen molar-refractivity contribution in [3.8, 4) is 0 Å². The Labute approximate surface area is 123 Å². The number of hydrogen-bond acceptors (Lipinski definition) is 3. The molecule has 1 atom stereocenters. The van der Waals surface area contributed by atoms with Gasteiger partial charge in [0.1, 0.15) is 5.76 Å². The first-order chi connectivity index (χ1) is 10.2. The number of carbonyl (C=O) groups excluding carboxylic acids is 1. The minimum absolute atomic E-state index is 0.0469. The van der Waals surface area contributed by atoms with Gasteiger partial charge in [-0.2, -0.15) is 0 Å². The fourth-order valence-corrected chi connectivity index (χ4v) is 2.26. The fraction of sp³-hybridized carbons (Fsp3) is 0.111. The van der Waals surface area contributed by atoms with E-state index < -0.39 is 5.60 Å². The zero-order chi connectivity index (χ0) is 14.7. The molecule has 3 rings (SSSR count). The van der Waals surface area contributed by atoms with Gasteiger partial charge in [0.05, 0.1) is 5.69 Å². The van der Waals surface area contributed by atoms with Crippen LogP contribution in [0, 0.1) is 0 Å². The Morgan fingerprint density at radius 1 is 1.05 bits per heavy atom. The number of aromatic nitrogens is 1. The van der Waals surface area contributed by atoms with E-state index in [9.17, 15) is 4.79 Å². The van der Waals surface area contributed by atoms with E-state index in [4.69, 9.17) is 4.74 Å². The highest BCUT2D eigenvalue weighted by atomic mass is 16.5. The summed E-state index contributed by atoms with van der Waals surface area (Å²) in [6.45, 7) is 1.79. The number of nitrogens with zero attached hydrogens (tertiary/aromatic N) is 1. The van der Waals surface area contributed by atoms with Crippen molar-refractivity contribution in [2.45, 2.75) is 12.5 Å². The summed E-state index contributed by atoms with van der Waals surface area (Å²) < 4.78 is 5.87. The predicted molar refractivity (Wildman–Crippen MR) is 81.2 cm³/mol. The van der Waals surface area contributed by atoms with Crippen molar-refractivity contribution in [1.29, 1.82) is 0 Å². The van der Waals surface area contributed by atoms with Crippen LogP contribution >= 0.6 is 0 Å². The SMILES string of the molecule is CC1(c2ccccc2)OC(/C=C/c2ccccn2)=CC1=O. The predicted octanol–water partition coefficient (Wildman–Crippen LogP) is 3.49. The maximum Gasteiger partial charge on any atom is 0.207 e. The van der Waals surface area contributed by atoms with Gasteiger partial charge >= 0.3 is 0 Å². The first-order valence-electron chi connectivity index (χ1n) is 6.78. The Morgan fingerprint density at radius 3 is 2.52 bits per heavy atom. The molecule has 0 radical (unpaired) electrons. The van der Waals surface area contributed by atoms with E-state index >= 15 is 0 Å². The van der Waals surface area contributed by atoms with Crippen molar-refractivity contribution in [3.05, 3.63) is 83.9 Å². The highest BCUT2D eigenvalue weighted by Gasteiger charge is 2.40. The highest BCUT2D eigenvalue weighted by Crippen LogP contribution is 2.35. The first kappa shape index (κ1) is 13.3. The summed E-state index contributed by atoms with van der Waals surface area (Å²) in [4.78, 5) is 16.5. The van der Waals surface area contributed by atoms with Crippen LogP contribution in [0.4, 0.5) is 0 Å². The summed E-state index contributed by atoms with van der Waals surface area (Å²) in [6, 6.07) is 15.2. The molecule has 0 saturated heterocycles. The summed E-state index contributed by atoms with van der Waals surface area (Å²) in [5.41, 5.74) is 0.737. The maximum absolute atomic E-state index is 12.3. The van der Waals surface area contributed by atoms with Gasteiger partial charge in [-0.15, -0.1) is 0 Å². The second-order valence-corrected chi connectivity index (χ2v) is 5.00. The molecule has 0 bridgehead atoms. The molecule has 21 heavy (non-hydrogen) atoms. The van der Waals surface area contributed by atoms with Crippen molar-refractivity contribution < 1.29 is 9.53 Å². The molecule has 0 aliphatic carbocycles. The topological polar surface area (TPSA) is 39.2 Å². The van der Waals surface area contributed by atoms with Gasteiger partial charge in [0, 0.05) is 17.8 Å². The van der Waals surface area contributed by atoms with Gasteiger partial charge in [0.25, 0.3) is 0 Å². The van der Waals surface area contributed by atoms with Crippen LogP contribution < -0.4 is 0 Å². The third-order valence-corrected chi connectivity index (χ3v) is 3.50. The van der Waals surface area contributed by atoms with E-state index in [-0.39, 0.29) is 5.78 Å². The molecule has 1 aliphatic rings. The van der Waals surface area contributed by atoms with Gasteiger partial charge < -0.3 is 4.74 Å². The van der Waals surface area contributed by atoms with Crippen LogP contribution in [0.25, 0.3) is 6.08 Å². The van der Waals surface area contributed by atoms with Gasteiger partial charge in [0.15, 0.2) is 5.60 Å². The second-order valence-electron chi connectivity index (χ2n) is 5.00. The molecular formula is C18H15NO2. The largest absolute Gasteiger partial charge is 0.475 e. The Balaban J connectivity index is 1.81. The van der Waals surface area contributed by atoms with Gasteiger partial charge in [-0.1, -0.05) is 36.4 Å². The molecular weight excluding hydrogens is 262 g/mol. The minimum Gasteiger partial charge on any atom is -0.475 e. The van der Waals surface area contributed by atoms with Crippen LogP contribution in [-0.4, -0.2) is 10.8 Å². The molecule has 3 nitrogen and oxygen atoms in total. The molecule has 1 aliphatic heterocycles. The minimum atomic E-state index is -0.939. The molecule has 2 aromatic rings. The highest BCUT2D eigenvalue weighted by molar-refractivity contribution is 6.00. The van der Waals surface area contributed by atoms with E-state index in [0.29, 0.717) is 5.76 Å². The van der Waals surface area contributed by atoms with E-state index in [1.165, 1.54) is 6.08 Å². The van der Waals surface area contributed by atoms with Crippen LogP contribution in [-0.2, 0) is 15.1 Å². The molecule has 3 heteroatoms. The summed E-state index contributed by atoms with van der Waals surface area (Å²) in [7, 11) is 0. The van der Waals surface area contributed by atoms with E-state index in [0.717, 1.165) is 11.3 Å². The second kappa shape index (κ2) is 5.37. The number of allylic oxidation sites excluding steroid dienone is 1. The lowest BCUT2D eigenvalue weighted by molar-refractivity contribution is -0.129. The van der Waals surface area contributed by atoms with Crippen LogP contribution in [0.15, 0.2) is 72.6 Å². The average Bonchev–Trinajstić information content (AvgIpc) is 2.83. The van der Waals surface area contributed by atoms with Crippen LogP contribution in [0.2, 0.25) is 0 Å². The Hall–Kier alpha value is -2.68. The molecule has 1 aromatic heterocycles. The van der Waals surface area contributed by atoms with Crippen molar-refractivity contribution in [3.63, 3.8) is 0 Å². The molecule has 104 valence electrons. The standard InChI is InChI=1S/C18H15NO2/c1-18(14-7-3-2-4-8-14)17(20)13-16(21-18)11-10-15-9-5-6-12-19-15/h2-13H,1H3/b11-10+. The molecule has 2 heterocycles. The average molecular weight is 277 g/mol. The number of ether oxygens (including phenoxy) is 1. The van der Waals surface area contributed by atoms with Gasteiger partial charge in [-0.3, -0.25) is 9.78 Å². The number of carbonyl (C=O) groups is 1. The van der Waals surface area contributed by atoms with Crippen molar-refractivity contribution in [2.75, 3.05) is 0 Å². The summed E-state index contributed by atoms with van der Waals surface area (Å²) in [6.07, 6.45) is 6.86. The first-order valence-corrected chi connectivity index (χ1v) is 6.78. The number of ketones is 1. The van der Waals surface area contributed by atoms with Crippen molar-refractivity contribution >= 4 is 11.9 Å². The zero-order valence-corrected chi connectivity index (χ0v) is 11.7. The molecule has 0 spiro atoms. The lowest BCUT2D eigenvalue weighted by Crippen LogP contribution is -2.29. The summed E-state index contributed by atoms with van der Waals surface area (Å²) in [5, 5.41) is 0. The van der Waals surface area contributed by atoms with E-state index in [2.05, 4.69) is 4.98 Å². The Kier molecular flexibility index (Phi) is 3.40. The van der Waals surface area contributed by atoms with Gasteiger partial charge in [-0.05, 0) is 31.2 Å². The maximum atomic E-state index is 12.3. The number of benzene rings is 1. The third kappa shape index (κ3) is 2.63. The van der Waals surface area contributed by atoms with Gasteiger partial charge in [0.2, 0.25) is 5.78 Å². The normalized spacial score (nSPS) is 21.4. The van der Waals surface area contributed by atoms with Crippen LogP contribution in [0.5, 0.6) is 0 Å². The monoisotopic (exact) mass is 277 g/mol. The van der Waals surface area contributed by atoms with E-state index in [1.54, 1.807) is 19.2 Å². The van der Waals surface area contributed by atoms with Crippen molar-refractivity contribution in [1.82, 2.24) is 4.98 Å². The van der Waals surface area contributed by atoms with E-state index in [1.807, 2.05) is 54.6 Å². The molecule has 0 amide bonds. The number of hydrogen-bond donors (Lipinski definition) is 0. The van der Waals surface area contributed by atoms with Crippen molar-refractivity contribution in [2.24, 2.45) is 0 Å².